The van der Waals surface area contributed by atoms with Crippen molar-refractivity contribution in [3.05, 3.63) is 30.0 Å². The molecule has 7 heteroatoms. The Labute approximate surface area is 150 Å². The summed E-state index contributed by atoms with van der Waals surface area (Å²) in [6, 6.07) is 7.39. The highest BCUT2D eigenvalue weighted by atomic mass is 35.5. The van der Waals surface area contributed by atoms with E-state index in [0.29, 0.717) is 11.4 Å². The van der Waals surface area contributed by atoms with Gasteiger partial charge in [-0.25, -0.2) is 8.42 Å². The molecule has 1 fully saturated rings. The third-order valence-electron chi connectivity index (χ3n) is 5.01. The number of fused-ring (bicyclic) bond motifs is 1. The number of hydrogen-bond acceptors (Lipinski definition) is 3. The van der Waals surface area contributed by atoms with Crippen LogP contribution in [0, 0.1) is 6.92 Å². The van der Waals surface area contributed by atoms with Crippen LogP contribution in [0.4, 0.5) is 0 Å². The smallest absolute Gasteiger partial charge is 0.245 e. The molecule has 1 aromatic heterocycles. The van der Waals surface area contributed by atoms with Gasteiger partial charge in [0.05, 0.1) is 0 Å². The summed E-state index contributed by atoms with van der Waals surface area (Å²) in [7, 11) is -1.65. The van der Waals surface area contributed by atoms with Crippen molar-refractivity contribution in [2.75, 3.05) is 6.54 Å². The largest absolute Gasteiger partial charge is 0.347 e. The van der Waals surface area contributed by atoms with Gasteiger partial charge in [0, 0.05) is 42.3 Å². The first-order valence-corrected chi connectivity index (χ1v) is 9.61. The quantitative estimate of drug-likeness (QED) is 0.901. The van der Waals surface area contributed by atoms with Crippen LogP contribution in [0.1, 0.15) is 31.9 Å². The molecular weight excluding hydrogens is 346 g/mol. The fourth-order valence-corrected chi connectivity index (χ4v) is 5.90. The number of piperidine rings is 1. The lowest BCUT2D eigenvalue weighted by atomic mass is 10.00. The van der Waals surface area contributed by atoms with E-state index < -0.39 is 10.0 Å². The van der Waals surface area contributed by atoms with Crippen LogP contribution < -0.4 is 5.73 Å². The Kier molecular flexibility index (Phi) is 5.64. The van der Waals surface area contributed by atoms with Crippen molar-refractivity contribution in [1.82, 2.24) is 8.87 Å². The lowest BCUT2D eigenvalue weighted by Gasteiger charge is -2.37. The van der Waals surface area contributed by atoms with Gasteiger partial charge in [-0.3, -0.25) is 0 Å². The molecule has 2 heterocycles. The fraction of sp³-hybridized carbons (Fsp3) is 0.529. The van der Waals surface area contributed by atoms with E-state index in [-0.39, 0.29) is 24.5 Å². The van der Waals surface area contributed by atoms with Crippen molar-refractivity contribution in [3.8, 4) is 0 Å². The van der Waals surface area contributed by atoms with Crippen molar-refractivity contribution in [1.29, 1.82) is 0 Å². The van der Waals surface area contributed by atoms with Gasteiger partial charge in [0.1, 0.15) is 4.90 Å². The van der Waals surface area contributed by atoms with Crippen LogP contribution in [0.15, 0.2) is 29.2 Å². The second-order valence-corrected chi connectivity index (χ2v) is 8.36. The maximum atomic E-state index is 13.4. The van der Waals surface area contributed by atoms with Gasteiger partial charge in [-0.2, -0.15) is 4.31 Å². The second kappa shape index (κ2) is 7.04. The Morgan fingerprint density at radius 3 is 2.58 bits per heavy atom. The Balaban J connectivity index is 0.00000208. The van der Waals surface area contributed by atoms with Gasteiger partial charge >= 0.3 is 0 Å². The van der Waals surface area contributed by atoms with E-state index >= 15 is 0 Å². The molecule has 0 spiro atoms. The molecule has 3 rings (SSSR count). The molecule has 5 nitrogen and oxygen atoms in total. The van der Waals surface area contributed by atoms with Gasteiger partial charge in [0.15, 0.2) is 0 Å². The van der Waals surface area contributed by atoms with Gasteiger partial charge < -0.3 is 10.3 Å². The molecule has 0 saturated carbocycles. The van der Waals surface area contributed by atoms with Crippen LogP contribution in [0.3, 0.4) is 0 Å². The maximum Gasteiger partial charge on any atom is 0.245 e. The number of nitrogens with zero attached hydrogens (tertiary/aromatic N) is 2. The number of nitrogens with two attached hydrogens (primary N) is 1. The molecule has 0 radical (unpaired) electrons. The zero-order valence-electron chi connectivity index (χ0n) is 14.4. The molecule has 1 aromatic carbocycles. The number of sulfonamides is 1. The van der Waals surface area contributed by atoms with Crippen LogP contribution in [-0.2, 0) is 17.1 Å². The van der Waals surface area contributed by atoms with E-state index in [1.807, 2.05) is 49.7 Å². The molecule has 134 valence electrons. The normalized spacial score (nSPS) is 20.8. The van der Waals surface area contributed by atoms with Crippen LogP contribution in [0.5, 0.6) is 0 Å². The molecule has 1 aliphatic rings. The van der Waals surface area contributed by atoms with Crippen LogP contribution in [0.2, 0.25) is 0 Å². The van der Waals surface area contributed by atoms with Gasteiger partial charge in [0.2, 0.25) is 10.0 Å². The van der Waals surface area contributed by atoms with E-state index in [0.717, 1.165) is 35.9 Å². The van der Waals surface area contributed by atoms with Crippen molar-refractivity contribution in [2.24, 2.45) is 12.8 Å². The molecule has 0 bridgehead atoms. The van der Waals surface area contributed by atoms with Crippen molar-refractivity contribution in [2.45, 2.75) is 50.1 Å². The zero-order valence-corrected chi connectivity index (χ0v) is 16.0. The Morgan fingerprint density at radius 2 is 1.92 bits per heavy atom. The number of halogens is 1. The summed E-state index contributed by atoms with van der Waals surface area (Å²) >= 11 is 0. The number of rotatable bonds is 3. The summed E-state index contributed by atoms with van der Waals surface area (Å²) < 4.78 is 30.4. The fourth-order valence-electron chi connectivity index (χ4n) is 3.68. The van der Waals surface area contributed by atoms with E-state index in [9.17, 15) is 8.42 Å². The van der Waals surface area contributed by atoms with Gasteiger partial charge in [-0.1, -0.05) is 24.6 Å². The third kappa shape index (κ3) is 2.96. The number of para-hydroxylation sites is 1. The number of hydrogen-bond donors (Lipinski definition) is 1. The van der Waals surface area contributed by atoms with Crippen LogP contribution >= 0.6 is 12.4 Å². The molecule has 2 aromatic rings. The zero-order chi connectivity index (χ0) is 16.8. The molecule has 2 unspecified atom stereocenters. The summed E-state index contributed by atoms with van der Waals surface area (Å²) in [6.07, 6.45) is 2.76. The first kappa shape index (κ1) is 19.2. The van der Waals surface area contributed by atoms with E-state index in [2.05, 4.69) is 0 Å². The van der Waals surface area contributed by atoms with Crippen LogP contribution in [-0.4, -0.2) is 35.9 Å². The predicted molar refractivity (Wildman–Crippen MR) is 100 cm³/mol. The van der Waals surface area contributed by atoms with E-state index in [4.69, 9.17) is 5.73 Å². The summed E-state index contributed by atoms with van der Waals surface area (Å²) in [5.74, 6) is 0. The maximum absolute atomic E-state index is 13.4. The second-order valence-electron chi connectivity index (χ2n) is 6.53. The Bertz CT molecular complexity index is 830. The van der Waals surface area contributed by atoms with Gasteiger partial charge in [-0.05, 0) is 32.8 Å². The van der Waals surface area contributed by atoms with Crippen molar-refractivity contribution in [3.63, 3.8) is 0 Å². The summed E-state index contributed by atoms with van der Waals surface area (Å²) in [5, 5.41) is 0.793. The molecule has 0 aliphatic carbocycles. The molecule has 2 atom stereocenters. The number of aromatic nitrogens is 1. The number of benzene rings is 1. The Hall–Kier alpha value is -1.08. The summed E-state index contributed by atoms with van der Waals surface area (Å²) in [5.41, 5.74) is 7.80. The van der Waals surface area contributed by atoms with Gasteiger partial charge in [0.25, 0.3) is 0 Å². The highest BCUT2D eigenvalue weighted by molar-refractivity contribution is 7.89. The first-order chi connectivity index (χ1) is 10.9. The predicted octanol–water partition coefficient (Wildman–Crippen LogP) is 2.80. The lowest BCUT2D eigenvalue weighted by Crippen LogP contribution is -2.51. The topological polar surface area (TPSA) is 68.3 Å². The highest BCUT2D eigenvalue weighted by Gasteiger charge is 2.37. The SMILES string of the molecule is Cc1c(S(=O)(=O)N2CCCCC2C(C)N)c2ccccc2n1C.Cl. The average Bonchev–Trinajstić information content (AvgIpc) is 2.79. The van der Waals surface area contributed by atoms with Crippen LogP contribution in [0.25, 0.3) is 10.9 Å². The third-order valence-corrected chi connectivity index (χ3v) is 7.12. The molecular formula is C17H26ClN3O2S. The Morgan fingerprint density at radius 1 is 1.25 bits per heavy atom. The molecule has 1 aliphatic heterocycles. The minimum atomic E-state index is -3.56. The lowest BCUT2D eigenvalue weighted by molar-refractivity contribution is 0.227. The van der Waals surface area contributed by atoms with Gasteiger partial charge in [-0.15, -0.1) is 12.4 Å². The summed E-state index contributed by atoms with van der Waals surface area (Å²) in [4.78, 5) is 0.433. The van der Waals surface area contributed by atoms with Crippen molar-refractivity contribution >= 4 is 33.3 Å². The monoisotopic (exact) mass is 371 g/mol. The molecule has 2 N–H and O–H groups in total. The van der Waals surface area contributed by atoms with Crippen molar-refractivity contribution < 1.29 is 8.42 Å². The molecule has 24 heavy (non-hydrogen) atoms. The standard InChI is InChI=1S/C17H25N3O2S.ClH/c1-12(18)15-9-6-7-11-20(15)23(21,22)17-13(2)19(3)16-10-5-4-8-14(16)17;/h4-5,8,10,12,15H,6-7,9,11,18H2,1-3H3;1H. The minimum absolute atomic E-state index is 0. The highest BCUT2D eigenvalue weighted by Crippen LogP contribution is 2.34. The minimum Gasteiger partial charge on any atom is -0.347 e. The molecule has 1 saturated heterocycles. The summed E-state index contributed by atoms with van der Waals surface area (Å²) in [6.45, 7) is 4.32. The molecule has 0 amide bonds. The van der Waals surface area contributed by atoms with E-state index in [1.54, 1.807) is 4.31 Å². The average molecular weight is 372 g/mol. The van der Waals surface area contributed by atoms with E-state index in [1.165, 1.54) is 0 Å². The first-order valence-electron chi connectivity index (χ1n) is 8.17. The number of aryl methyl sites for hydroxylation is 1.